The van der Waals surface area contributed by atoms with E-state index < -0.39 is 16.7 Å². The summed E-state index contributed by atoms with van der Waals surface area (Å²) in [6, 6.07) is 7.47. The van der Waals surface area contributed by atoms with Gasteiger partial charge < -0.3 is 15.2 Å². The molecule has 2 heterocycles. The first-order chi connectivity index (χ1) is 14.8. The topological polar surface area (TPSA) is 158 Å². The van der Waals surface area contributed by atoms with Gasteiger partial charge in [-0.05, 0) is 26.8 Å². The molecule has 0 aliphatic rings. The Hall–Kier alpha value is -4.09. The van der Waals surface area contributed by atoms with Gasteiger partial charge in [0, 0.05) is 18.7 Å². The van der Waals surface area contributed by atoms with Gasteiger partial charge in [-0.15, -0.1) is 0 Å². The number of hydrogen-bond donors (Lipinski definition) is 2. The average molecular weight is 427 g/mol. The third-order valence-corrected chi connectivity index (χ3v) is 4.45. The van der Waals surface area contributed by atoms with Gasteiger partial charge in [-0.1, -0.05) is 28.9 Å². The van der Waals surface area contributed by atoms with Crippen LogP contribution in [0.1, 0.15) is 27.6 Å². The van der Waals surface area contributed by atoms with E-state index in [0.717, 1.165) is 11.1 Å². The molecule has 1 aromatic carbocycles. The molecule has 0 radical (unpaired) electrons. The maximum absolute atomic E-state index is 12.1. The summed E-state index contributed by atoms with van der Waals surface area (Å²) < 4.78 is 6.27. The highest BCUT2D eigenvalue weighted by molar-refractivity contribution is 5.89. The SMILES string of the molecule is Cc1cccc(-c2noc(C(=O)NCCNC(=O)Cn3nc(C)c([N+](=O)[O-])c3C)n2)c1. The zero-order valence-corrected chi connectivity index (χ0v) is 17.2. The molecule has 0 saturated carbocycles. The Bertz CT molecular complexity index is 1130. The Morgan fingerprint density at radius 2 is 1.94 bits per heavy atom. The molecule has 12 nitrogen and oxygen atoms in total. The molecule has 12 heteroatoms. The first-order valence-corrected chi connectivity index (χ1v) is 9.40. The van der Waals surface area contributed by atoms with Gasteiger partial charge in [-0.25, -0.2) is 0 Å². The van der Waals surface area contributed by atoms with Crippen molar-refractivity contribution in [2.45, 2.75) is 27.3 Å². The van der Waals surface area contributed by atoms with E-state index in [-0.39, 0.29) is 36.9 Å². The first kappa shape index (κ1) is 21.6. The van der Waals surface area contributed by atoms with Gasteiger partial charge in [-0.3, -0.25) is 24.4 Å². The molecule has 0 unspecified atom stereocenters. The Labute approximate surface area is 176 Å². The van der Waals surface area contributed by atoms with Crippen molar-refractivity contribution in [1.29, 1.82) is 0 Å². The van der Waals surface area contributed by atoms with Crippen LogP contribution in [0.3, 0.4) is 0 Å². The summed E-state index contributed by atoms with van der Waals surface area (Å²) in [7, 11) is 0. The zero-order chi connectivity index (χ0) is 22.5. The van der Waals surface area contributed by atoms with Crippen LogP contribution < -0.4 is 10.6 Å². The number of amides is 2. The number of nitrogens with zero attached hydrogens (tertiary/aromatic N) is 5. The molecule has 0 saturated heterocycles. The molecule has 0 fully saturated rings. The lowest BCUT2D eigenvalue weighted by Gasteiger charge is -2.06. The number of aryl methyl sites for hydroxylation is 2. The van der Waals surface area contributed by atoms with Crippen molar-refractivity contribution in [1.82, 2.24) is 30.6 Å². The fraction of sp³-hybridized carbons (Fsp3) is 0.316. The minimum Gasteiger partial charge on any atom is -0.353 e. The van der Waals surface area contributed by atoms with Crippen molar-refractivity contribution in [3.63, 3.8) is 0 Å². The van der Waals surface area contributed by atoms with Crippen molar-refractivity contribution < 1.29 is 19.0 Å². The van der Waals surface area contributed by atoms with E-state index in [2.05, 4.69) is 25.9 Å². The summed E-state index contributed by atoms with van der Waals surface area (Å²) in [4.78, 5) is 38.8. The molecule has 2 N–H and O–H groups in total. The van der Waals surface area contributed by atoms with Crippen LogP contribution >= 0.6 is 0 Å². The molecular weight excluding hydrogens is 406 g/mol. The molecule has 162 valence electrons. The Morgan fingerprint density at radius 1 is 1.19 bits per heavy atom. The van der Waals surface area contributed by atoms with E-state index in [1.165, 1.54) is 18.5 Å². The highest BCUT2D eigenvalue weighted by Crippen LogP contribution is 2.21. The first-order valence-electron chi connectivity index (χ1n) is 9.40. The number of carbonyl (C=O) groups is 2. The van der Waals surface area contributed by atoms with Crippen molar-refractivity contribution in [2.24, 2.45) is 0 Å². The quantitative estimate of drug-likeness (QED) is 0.309. The molecule has 0 bridgehead atoms. The predicted octanol–water partition coefficient (Wildman–Crippen LogP) is 1.31. The van der Waals surface area contributed by atoms with Crippen molar-refractivity contribution in [3.05, 3.63) is 57.2 Å². The third-order valence-electron chi connectivity index (χ3n) is 4.45. The van der Waals surface area contributed by atoms with Gasteiger partial charge in [0.2, 0.25) is 11.7 Å². The van der Waals surface area contributed by atoms with E-state index in [1.54, 1.807) is 0 Å². The van der Waals surface area contributed by atoms with Gasteiger partial charge in [0.15, 0.2) is 0 Å². The molecule has 3 aromatic rings. The Kier molecular flexibility index (Phi) is 6.38. The van der Waals surface area contributed by atoms with Gasteiger partial charge in [0.1, 0.15) is 17.9 Å². The second-order valence-corrected chi connectivity index (χ2v) is 6.83. The fourth-order valence-electron chi connectivity index (χ4n) is 2.97. The molecule has 3 rings (SSSR count). The van der Waals surface area contributed by atoms with Crippen LogP contribution in [0.4, 0.5) is 5.69 Å². The van der Waals surface area contributed by atoms with Gasteiger partial charge in [0.25, 0.3) is 0 Å². The Balaban J connectivity index is 1.47. The zero-order valence-electron chi connectivity index (χ0n) is 17.2. The van der Waals surface area contributed by atoms with E-state index in [1.807, 2.05) is 31.2 Å². The molecular formula is C19H21N7O5. The third kappa shape index (κ3) is 5.10. The summed E-state index contributed by atoms with van der Waals surface area (Å²) >= 11 is 0. The summed E-state index contributed by atoms with van der Waals surface area (Å²) in [5, 5.41) is 24.0. The van der Waals surface area contributed by atoms with E-state index in [4.69, 9.17) is 4.52 Å². The van der Waals surface area contributed by atoms with Crippen molar-refractivity contribution >= 4 is 17.5 Å². The number of nitrogens with one attached hydrogen (secondary N) is 2. The molecule has 0 aliphatic heterocycles. The molecule has 0 aliphatic carbocycles. The largest absolute Gasteiger partial charge is 0.353 e. The lowest BCUT2D eigenvalue weighted by molar-refractivity contribution is -0.386. The van der Waals surface area contributed by atoms with Gasteiger partial charge in [-0.2, -0.15) is 10.1 Å². The number of aromatic nitrogens is 4. The number of hydrogen-bond acceptors (Lipinski definition) is 8. The molecule has 2 aromatic heterocycles. The normalized spacial score (nSPS) is 10.7. The fourth-order valence-corrected chi connectivity index (χ4v) is 2.97. The summed E-state index contributed by atoms with van der Waals surface area (Å²) in [5.74, 6) is -0.831. The standard InChI is InChI=1S/C19H21N7O5/c1-11-5-4-6-14(9-11)17-22-19(31-24-17)18(28)21-8-7-20-15(27)10-25-13(3)16(26(29)30)12(2)23-25/h4-6,9H,7-8,10H2,1-3H3,(H,20,27)(H,21,28). The summed E-state index contributed by atoms with van der Waals surface area (Å²) in [5.41, 5.74) is 2.20. The molecule has 0 spiro atoms. The van der Waals surface area contributed by atoms with Crippen LogP contribution in [0.15, 0.2) is 28.8 Å². The van der Waals surface area contributed by atoms with Crippen LogP contribution in [-0.4, -0.2) is 49.7 Å². The molecule has 31 heavy (non-hydrogen) atoms. The smallest absolute Gasteiger partial charge is 0.316 e. The highest BCUT2D eigenvalue weighted by atomic mass is 16.6. The average Bonchev–Trinajstić information content (AvgIpc) is 3.30. The number of benzene rings is 1. The maximum Gasteiger partial charge on any atom is 0.316 e. The Morgan fingerprint density at radius 3 is 2.61 bits per heavy atom. The lowest BCUT2D eigenvalue weighted by atomic mass is 10.1. The number of carbonyl (C=O) groups excluding carboxylic acids is 2. The van der Waals surface area contributed by atoms with Crippen LogP contribution in [-0.2, 0) is 11.3 Å². The van der Waals surface area contributed by atoms with E-state index >= 15 is 0 Å². The predicted molar refractivity (Wildman–Crippen MR) is 108 cm³/mol. The van der Waals surface area contributed by atoms with E-state index in [9.17, 15) is 19.7 Å². The number of rotatable bonds is 8. The van der Waals surface area contributed by atoms with Crippen molar-refractivity contribution in [3.8, 4) is 11.4 Å². The van der Waals surface area contributed by atoms with Crippen LogP contribution in [0.25, 0.3) is 11.4 Å². The minimum absolute atomic E-state index is 0.107. The van der Waals surface area contributed by atoms with Crippen molar-refractivity contribution in [2.75, 3.05) is 13.1 Å². The number of nitro groups is 1. The monoisotopic (exact) mass is 427 g/mol. The maximum atomic E-state index is 12.1. The second-order valence-electron chi connectivity index (χ2n) is 6.83. The van der Waals surface area contributed by atoms with Gasteiger partial charge >= 0.3 is 17.5 Å². The van der Waals surface area contributed by atoms with Crippen LogP contribution in [0.5, 0.6) is 0 Å². The second kappa shape index (κ2) is 9.15. The molecule has 2 amide bonds. The van der Waals surface area contributed by atoms with Gasteiger partial charge in [0.05, 0.1) is 4.92 Å². The van der Waals surface area contributed by atoms with E-state index in [0.29, 0.717) is 11.5 Å². The van der Waals surface area contributed by atoms with Crippen LogP contribution in [0, 0.1) is 30.9 Å². The highest BCUT2D eigenvalue weighted by Gasteiger charge is 2.22. The minimum atomic E-state index is -0.560. The van der Waals surface area contributed by atoms with Crippen LogP contribution in [0.2, 0.25) is 0 Å². The summed E-state index contributed by atoms with van der Waals surface area (Å²) in [6.07, 6.45) is 0. The molecule has 0 atom stereocenters. The lowest BCUT2D eigenvalue weighted by Crippen LogP contribution is -2.36. The summed E-state index contributed by atoms with van der Waals surface area (Å²) in [6.45, 7) is 5.08.